The van der Waals surface area contributed by atoms with E-state index in [1.54, 1.807) is 7.11 Å². The summed E-state index contributed by atoms with van der Waals surface area (Å²) >= 11 is 1.81. The molecule has 0 aliphatic carbocycles. The largest absolute Gasteiger partial charge is 0.496 e. The summed E-state index contributed by atoms with van der Waals surface area (Å²) in [7, 11) is 1.75. The second-order valence-corrected chi connectivity index (χ2v) is 4.92. The van der Waals surface area contributed by atoms with Crippen LogP contribution in [0.1, 0.15) is 30.9 Å². The first-order valence-corrected chi connectivity index (χ1v) is 7.43. The molecule has 2 nitrogen and oxygen atoms in total. The predicted octanol–water partition coefficient (Wildman–Crippen LogP) is 3.26. The summed E-state index contributed by atoms with van der Waals surface area (Å²) in [6.07, 6.45) is 6.44. The molecular weight excluding hydrogens is 230 g/mol. The Hall–Kier alpha value is -0.670. The van der Waals surface area contributed by atoms with Gasteiger partial charge >= 0.3 is 0 Å². The van der Waals surface area contributed by atoms with Crippen LogP contribution in [0.2, 0.25) is 0 Å². The average Bonchev–Trinajstić information content (AvgIpc) is 2.38. The minimum absolute atomic E-state index is 0.769. The topological polar surface area (TPSA) is 35.2 Å². The zero-order valence-electron chi connectivity index (χ0n) is 11.1. The van der Waals surface area contributed by atoms with Gasteiger partial charge in [0.25, 0.3) is 0 Å². The Bertz CT molecular complexity index is 352. The van der Waals surface area contributed by atoms with E-state index in [1.165, 1.54) is 16.0 Å². The minimum Gasteiger partial charge on any atom is -0.496 e. The van der Waals surface area contributed by atoms with Gasteiger partial charge in [-0.05, 0) is 61.7 Å². The SMILES string of the molecule is CCc1cc(OC)c(CCCCN)cc1SC. The lowest BCUT2D eigenvalue weighted by Gasteiger charge is -2.13. The summed E-state index contributed by atoms with van der Waals surface area (Å²) in [4.78, 5) is 1.37. The van der Waals surface area contributed by atoms with E-state index in [4.69, 9.17) is 10.5 Å². The Morgan fingerprint density at radius 1 is 1.24 bits per heavy atom. The van der Waals surface area contributed by atoms with Crippen molar-refractivity contribution in [1.29, 1.82) is 0 Å². The minimum atomic E-state index is 0.769. The highest BCUT2D eigenvalue weighted by Crippen LogP contribution is 2.30. The summed E-state index contributed by atoms with van der Waals surface area (Å²) in [5, 5.41) is 0. The maximum Gasteiger partial charge on any atom is 0.122 e. The summed E-state index contributed by atoms with van der Waals surface area (Å²) in [6, 6.07) is 4.46. The molecule has 0 saturated heterocycles. The smallest absolute Gasteiger partial charge is 0.122 e. The van der Waals surface area contributed by atoms with E-state index in [0.29, 0.717) is 0 Å². The molecule has 0 saturated carbocycles. The first-order valence-electron chi connectivity index (χ1n) is 6.20. The molecule has 1 aromatic rings. The van der Waals surface area contributed by atoms with Gasteiger partial charge in [-0.15, -0.1) is 11.8 Å². The van der Waals surface area contributed by atoms with Gasteiger partial charge in [0, 0.05) is 4.90 Å². The van der Waals surface area contributed by atoms with E-state index in [0.717, 1.165) is 38.0 Å². The van der Waals surface area contributed by atoms with E-state index < -0.39 is 0 Å². The fourth-order valence-corrected chi connectivity index (χ4v) is 2.68. The van der Waals surface area contributed by atoms with Crippen LogP contribution in [0, 0.1) is 0 Å². The van der Waals surface area contributed by atoms with Gasteiger partial charge in [0.1, 0.15) is 5.75 Å². The molecule has 0 radical (unpaired) electrons. The van der Waals surface area contributed by atoms with Crippen molar-refractivity contribution in [2.24, 2.45) is 5.73 Å². The second kappa shape index (κ2) is 7.62. The van der Waals surface area contributed by atoms with Crippen molar-refractivity contribution in [2.75, 3.05) is 19.9 Å². The van der Waals surface area contributed by atoms with Gasteiger partial charge in [0.2, 0.25) is 0 Å². The lowest BCUT2D eigenvalue weighted by molar-refractivity contribution is 0.408. The third-order valence-corrected chi connectivity index (χ3v) is 3.78. The first kappa shape index (κ1) is 14.4. The van der Waals surface area contributed by atoms with Crippen molar-refractivity contribution in [3.05, 3.63) is 23.3 Å². The molecule has 1 aromatic carbocycles. The highest BCUT2D eigenvalue weighted by molar-refractivity contribution is 7.98. The summed E-state index contributed by atoms with van der Waals surface area (Å²) in [5.74, 6) is 1.02. The lowest BCUT2D eigenvalue weighted by atomic mass is 10.0. The number of rotatable bonds is 7. The van der Waals surface area contributed by atoms with Gasteiger partial charge in [-0.3, -0.25) is 0 Å². The molecule has 0 aliphatic heterocycles. The van der Waals surface area contributed by atoms with Crippen LogP contribution >= 0.6 is 11.8 Å². The molecule has 0 atom stereocenters. The Morgan fingerprint density at radius 2 is 2.00 bits per heavy atom. The summed E-state index contributed by atoms with van der Waals surface area (Å²) in [5.41, 5.74) is 8.21. The third-order valence-electron chi connectivity index (χ3n) is 2.96. The highest BCUT2D eigenvalue weighted by atomic mass is 32.2. The standard InChI is InChI=1S/C14H23NOS/c1-4-11-9-13(16-2)12(7-5-6-8-15)10-14(11)17-3/h9-10H,4-8,15H2,1-3H3. The number of unbranched alkanes of at least 4 members (excludes halogenated alkanes) is 1. The van der Waals surface area contributed by atoms with Gasteiger partial charge in [0.15, 0.2) is 0 Å². The van der Waals surface area contributed by atoms with Crippen molar-refractivity contribution in [1.82, 2.24) is 0 Å². The number of nitrogens with two attached hydrogens (primary N) is 1. The molecule has 0 aromatic heterocycles. The second-order valence-electron chi connectivity index (χ2n) is 4.08. The summed E-state index contributed by atoms with van der Waals surface area (Å²) < 4.78 is 5.48. The highest BCUT2D eigenvalue weighted by Gasteiger charge is 2.08. The fourth-order valence-electron chi connectivity index (χ4n) is 1.96. The van der Waals surface area contributed by atoms with Crippen LogP contribution in [0.25, 0.3) is 0 Å². The number of thioether (sulfide) groups is 1. The molecule has 0 amide bonds. The van der Waals surface area contributed by atoms with Crippen LogP contribution in [0.3, 0.4) is 0 Å². The van der Waals surface area contributed by atoms with Crippen LogP contribution in [0.15, 0.2) is 17.0 Å². The number of hydrogen-bond acceptors (Lipinski definition) is 3. The number of benzene rings is 1. The summed E-state index contributed by atoms with van der Waals surface area (Å²) in [6.45, 7) is 2.95. The number of aryl methyl sites for hydroxylation is 2. The zero-order chi connectivity index (χ0) is 12.7. The van der Waals surface area contributed by atoms with Crippen LogP contribution in [-0.4, -0.2) is 19.9 Å². The van der Waals surface area contributed by atoms with E-state index in [9.17, 15) is 0 Å². The Balaban J connectivity index is 2.93. The molecule has 0 heterocycles. The molecule has 1 rings (SSSR count). The zero-order valence-corrected chi connectivity index (χ0v) is 11.9. The molecule has 17 heavy (non-hydrogen) atoms. The molecule has 0 fully saturated rings. The van der Waals surface area contributed by atoms with E-state index in [1.807, 2.05) is 11.8 Å². The van der Waals surface area contributed by atoms with Crippen LogP contribution in [0.5, 0.6) is 5.75 Å². The first-order chi connectivity index (χ1) is 8.26. The van der Waals surface area contributed by atoms with Crippen molar-refractivity contribution in [3.8, 4) is 5.75 Å². The van der Waals surface area contributed by atoms with Crippen molar-refractivity contribution >= 4 is 11.8 Å². The molecule has 0 bridgehead atoms. The van der Waals surface area contributed by atoms with Crippen LogP contribution < -0.4 is 10.5 Å². The van der Waals surface area contributed by atoms with Crippen molar-refractivity contribution in [2.45, 2.75) is 37.5 Å². The average molecular weight is 253 g/mol. The fraction of sp³-hybridized carbons (Fsp3) is 0.571. The molecular formula is C14H23NOS. The van der Waals surface area contributed by atoms with Gasteiger partial charge in [-0.25, -0.2) is 0 Å². The maximum absolute atomic E-state index is 5.53. The molecule has 2 N–H and O–H groups in total. The Kier molecular flexibility index (Phi) is 6.45. The van der Waals surface area contributed by atoms with Crippen molar-refractivity contribution in [3.63, 3.8) is 0 Å². The van der Waals surface area contributed by atoms with Gasteiger partial charge in [-0.2, -0.15) is 0 Å². The monoisotopic (exact) mass is 253 g/mol. The van der Waals surface area contributed by atoms with Gasteiger partial charge in [-0.1, -0.05) is 6.92 Å². The van der Waals surface area contributed by atoms with Crippen LogP contribution in [-0.2, 0) is 12.8 Å². The third kappa shape index (κ3) is 3.93. The normalized spacial score (nSPS) is 10.6. The van der Waals surface area contributed by atoms with Gasteiger partial charge < -0.3 is 10.5 Å². The van der Waals surface area contributed by atoms with Crippen molar-refractivity contribution < 1.29 is 4.74 Å². The number of methoxy groups -OCH3 is 1. The lowest BCUT2D eigenvalue weighted by Crippen LogP contribution is -2.01. The molecule has 96 valence electrons. The number of ether oxygens (including phenoxy) is 1. The van der Waals surface area contributed by atoms with Crippen LogP contribution in [0.4, 0.5) is 0 Å². The molecule has 0 aliphatic rings. The van der Waals surface area contributed by atoms with E-state index in [2.05, 4.69) is 25.3 Å². The Labute approximate surface area is 109 Å². The molecule has 0 spiro atoms. The van der Waals surface area contributed by atoms with E-state index >= 15 is 0 Å². The maximum atomic E-state index is 5.53. The quantitative estimate of drug-likeness (QED) is 0.598. The number of hydrogen-bond donors (Lipinski definition) is 1. The molecule has 0 unspecified atom stereocenters. The predicted molar refractivity (Wildman–Crippen MR) is 76.1 cm³/mol. The van der Waals surface area contributed by atoms with Gasteiger partial charge in [0.05, 0.1) is 7.11 Å². The Morgan fingerprint density at radius 3 is 2.53 bits per heavy atom. The molecule has 3 heteroatoms. The van der Waals surface area contributed by atoms with E-state index in [-0.39, 0.29) is 0 Å².